The molecule has 0 bridgehead atoms. The monoisotopic (exact) mass is 754 g/mol. The van der Waals surface area contributed by atoms with Crippen LogP contribution >= 0.6 is 0 Å². The minimum Gasteiger partial charge on any atom is -1.00 e. The molecule has 0 aliphatic heterocycles. The molecule has 6 aromatic carbocycles. The molecule has 0 amide bonds. The van der Waals surface area contributed by atoms with Crippen molar-refractivity contribution < 1.29 is 48.1 Å². The van der Waals surface area contributed by atoms with E-state index in [1.165, 1.54) is 77.2 Å². The second kappa shape index (κ2) is 17.4. The van der Waals surface area contributed by atoms with Gasteiger partial charge in [0, 0.05) is 0 Å². The zero-order valence-corrected chi connectivity index (χ0v) is 35.0. The first-order valence-electron chi connectivity index (χ1n) is 16.2. The SMILES string of the molecule is C[Si](C)=[Zr+2].Cc1cc2c(-c3ccc(C(C)(C)C)cc3)ccc(C)c2[cH-]1.Cc1ccc(C)c(-c2cccc3[cH-]c(C(C)C)cc23)c1.[Cl-].[Cl-]. The van der Waals surface area contributed by atoms with Crippen LogP contribution in [0.15, 0.2) is 97.1 Å². The van der Waals surface area contributed by atoms with E-state index in [1.54, 1.807) is 23.3 Å². The number of rotatable bonds is 3. The summed E-state index contributed by atoms with van der Waals surface area (Å²) in [5.74, 6) is 0.578. The van der Waals surface area contributed by atoms with Gasteiger partial charge in [-0.25, -0.2) is 0 Å². The van der Waals surface area contributed by atoms with Crippen molar-refractivity contribution in [1.82, 2.24) is 0 Å². The maximum atomic E-state index is 2.36. The molecule has 0 radical (unpaired) electrons. The van der Waals surface area contributed by atoms with Crippen molar-refractivity contribution in [2.45, 2.75) is 86.7 Å². The van der Waals surface area contributed by atoms with Gasteiger partial charge in [-0.05, 0) is 47.4 Å². The van der Waals surface area contributed by atoms with Gasteiger partial charge in [0.15, 0.2) is 0 Å². The summed E-state index contributed by atoms with van der Waals surface area (Å²) in [4.78, 5) is 0. The van der Waals surface area contributed by atoms with Crippen LogP contribution in [0.3, 0.4) is 0 Å². The Kier molecular flexibility index (Phi) is 15.2. The van der Waals surface area contributed by atoms with Crippen LogP contribution in [0, 0.1) is 27.7 Å². The molecule has 47 heavy (non-hydrogen) atoms. The summed E-state index contributed by atoms with van der Waals surface area (Å²) in [5.41, 5.74) is 13.9. The van der Waals surface area contributed by atoms with Crippen LogP contribution in [0.5, 0.6) is 0 Å². The summed E-state index contributed by atoms with van der Waals surface area (Å²) in [6.45, 7) is 24.6. The first kappa shape index (κ1) is 41.0. The smallest absolute Gasteiger partial charge is 0.0132 e. The summed E-state index contributed by atoms with van der Waals surface area (Å²) in [6.07, 6.45) is 0. The van der Waals surface area contributed by atoms with Crippen LogP contribution in [-0.4, -0.2) is 5.43 Å². The van der Waals surface area contributed by atoms with E-state index in [-0.39, 0.29) is 35.7 Å². The number of hydrogen-bond donors (Lipinski definition) is 0. The number of benzene rings is 4. The molecule has 0 nitrogen and oxygen atoms in total. The predicted octanol–water partition coefficient (Wildman–Crippen LogP) is 6.90. The maximum absolute atomic E-state index is 2.36. The molecular formula is C43H50Cl2SiZr-2. The molecule has 0 fully saturated rings. The predicted molar refractivity (Wildman–Crippen MR) is 199 cm³/mol. The molecule has 0 aliphatic rings. The summed E-state index contributed by atoms with van der Waals surface area (Å²) >= 11 is 1.74. The summed E-state index contributed by atoms with van der Waals surface area (Å²) in [6, 6.07) is 36.1. The maximum Gasteiger partial charge on any atom is -0.0132 e. The standard InChI is InChI=1S/C21H23.C20H21.C2H6Si.2ClH.Zr/c1-14-12-19-15(2)6-11-18(20(19)13-14)16-7-9-17(10-8-16)21(3,4)5;1-13(2)17-11-16-6-5-7-18(20(16)12-17)19-10-14(3)8-9-15(19)4;1-3-2;;;/h6-13H,1-5H3;5-13H,1-4H3;1-2H3;2*1H;/q2*-1;;;;+2/p-2. The van der Waals surface area contributed by atoms with Crippen molar-refractivity contribution in [3.63, 3.8) is 0 Å². The fraction of sp³-hybridized carbons (Fsp3) is 0.302. The molecule has 6 rings (SSSR count). The van der Waals surface area contributed by atoms with E-state index in [1.807, 2.05) is 0 Å². The molecule has 0 aliphatic carbocycles. The average Bonchev–Trinajstić information content (AvgIpc) is 3.59. The quantitative estimate of drug-likeness (QED) is 0.136. The van der Waals surface area contributed by atoms with Crippen LogP contribution in [0.4, 0.5) is 0 Å². The van der Waals surface area contributed by atoms with Gasteiger partial charge in [0.05, 0.1) is 0 Å². The molecular weight excluding hydrogens is 707 g/mol. The molecule has 4 heteroatoms. The zero-order valence-electron chi connectivity index (χ0n) is 30.1. The normalized spacial score (nSPS) is 10.9. The van der Waals surface area contributed by atoms with Crippen LogP contribution < -0.4 is 24.8 Å². The summed E-state index contributed by atoms with van der Waals surface area (Å²) in [7, 11) is 0. The van der Waals surface area contributed by atoms with Gasteiger partial charge in [-0.3, -0.25) is 0 Å². The zero-order chi connectivity index (χ0) is 33.1. The third-order valence-corrected chi connectivity index (χ3v) is 8.43. The molecule has 0 saturated carbocycles. The minimum atomic E-state index is 0. The Morgan fingerprint density at radius 3 is 1.87 bits per heavy atom. The number of aryl methyl sites for hydroxylation is 4. The molecule has 246 valence electrons. The van der Waals surface area contributed by atoms with Crippen molar-refractivity contribution in [1.29, 1.82) is 0 Å². The fourth-order valence-electron chi connectivity index (χ4n) is 5.84. The molecule has 0 saturated heterocycles. The van der Waals surface area contributed by atoms with Crippen LogP contribution in [0.1, 0.15) is 73.9 Å². The first-order chi connectivity index (χ1) is 21.1. The Morgan fingerprint density at radius 2 is 1.28 bits per heavy atom. The Balaban J connectivity index is 0.000000283. The van der Waals surface area contributed by atoms with Crippen molar-refractivity contribution in [2.75, 3.05) is 0 Å². The van der Waals surface area contributed by atoms with Crippen molar-refractivity contribution in [2.24, 2.45) is 0 Å². The second-order valence-electron chi connectivity index (χ2n) is 14.2. The third kappa shape index (κ3) is 10.4. The Bertz CT molecular complexity index is 1930. The van der Waals surface area contributed by atoms with E-state index >= 15 is 0 Å². The van der Waals surface area contributed by atoms with Gasteiger partial charge < -0.3 is 24.8 Å². The van der Waals surface area contributed by atoms with Crippen molar-refractivity contribution in [3.8, 4) is 22.3 Å². The molecule has 0 N–H and O–H groups in total. The molecule has 0 heterocycles. The topological polar surface area (TPSA) is 0 Å². The van der Waals surface area contributed by atoms with Crippen molar-refractivity contribution in [3.05, 3.63) is 130 Å². The largest absolute Gasteiger partial charge is 1.00 e. The minimum absolute atomic E-state index is 0. The van der Waals surface area contributed by atoms with Gasteiger partial charge in [-0.2, -0.15) is 12.1 Å². The van der Waals surface area contributed by atoms with Crippen LogP contribution in [0.2, 0.25) is 13.1 Å². The van der Waals surface area contributed by atoms with Gasteiger partial charge >= 0.3 is 41.9 Å². The number of fused-ring (bicyclic) bond motifs is 2. The Labute approximate surface area is 312 Å². The van der Waals surface area contributed by atoms with E-state index < -0.39 is 0 Å². The first-order valence-corrected chi connectivity index (χ1v) is 22.4. The molecule has 0 spiro atoms. The van der Waals surface area contributed by atoms with Gasteiger partial charge in [0.25, 0.3) is 0 Å². The van der Waals surface area contributed by atoms with E-state index in [0.717, 1.165) is 0 Å². The van der Waals surface area contributed by atoms with Gasteiger partial charge in [0.2, 0.25) is 0 Å². The summed E-state index contributed by atoms with van der Waals surface area (Å²) < 4.78 is 0. The van der Waals surface area contributed by atoms with Crippen molar-refractivity contribution >= 4 is 27.0 Å². The van der Waals surface area contributed by atoms with Gasteiger partial charge in [-0.15, -0.1) is 68.6 Å². The van der Waals surface area contributed by atoms with E-state index in [4.69, 9.17) is 0 Å². The Morgan fingerprint density at radius 1 is 0.660 bits per heavy atom. The molecule has 0 atom stereocenters. The number of halogens is 2. The van der Waals surface area contributed by atoms with E-state index in [0.29, 0.717) is 5.92 Å². The van der Waals surface area contributed by atoms with E-state index in [9.17, 15) is 0 Å². The molecule has 0 unspecified atom stereocenters. The average molecular weight is 757 g/mol. The summed E-state index contributed by atoms with van der Waals surface area (Å²) in [5, 5.41) is 5.48. The molecule has 6 aromatic rings. The van der Waals surface area contributed by atoms with Gasteiger partial charge in [-0.1, -0.05) is 120 Å². The van der Waals surface area contributed by atoms with Gasteiger partial charge in [0.1, 0.15) is 0 Å². The number of hydrogen-bond acceptors (Lipinski definition) is 0. The van der Waals surface area contributed by atoms with E-state index in [2.05, 4.69) is 172 Å². The fourth-order valence-corrected chi connectivity index (χ4v) is 5.84. The Hall–Kier alpha value is -2.22. The van der Waals surface area contributed by atoms with Crippen LogP contribution in [0.25, 0.3) is 43.8 Å². The van der Waals surface area contributed by atoms with Crippen LogP contribution in [-0.2, 0) is 28.8 Å². The molecule has 0 aromatic heterocycles. The second-order valence-corrected chi connectivity index (χ2v) is 23.6. The third-order valence-electron chi connectivity index (χ3n) is 8.43.